The predicted molar refractivity (Wildman–Crippen MR) is 131 cm³/mol. The summed E-state index contributed by atoms with van der Waals surface area (Å²) >= 11 is 13.2. The lowest BCUT2D eigenvalue weighted by molar-refractivity contribution is 0.0212. The van der Waals surface area contributed by atoms with Crippen LogP contribution in [0.2, 0.25) is 0 Å². The van der Waals surface area contributed by atoms with E-state index < -0.39 is 17.6 Å². The van der Waals surface area contributed by atoms with Crippen molar-refractivity contribution in [1.29, 1.82) is 0 Å². The maximum absolute atomic E-state index is 12.8. The van der Waals surface area contributed by atoms with E-state index in [4.69, 9.17) is 16.3 Å². The number of fused-ring (bicyclic) bond motifs is 3. The summed E-state index contributed by atoms with van der Waals surface area (Å²) in [6.07, 6.45) is -0.652. The van der Waals surface area contributed by atoms with Crippen LogP contribution in [0.25, 0.3) is 10.8 Å². The van der Waals surface area contributed by atoms with Crippen LogP contribution in [0.5, 0.6) is 5.75 Å². The van der Waals surface area contributed by atoms with Crippen LogP contribution < -0.4 is 4.74 Å². The molecule has 0 aromatic heterocycles. The van der Waals surface area contributed by atoms with E-state index in [9.17, 15) is 4.79 Å². The molecule has 0 unspecified atom stereocenters. The Balaban J connectivity index is 1.78. The van der Waals surface area contributed by atoms with Crippen LogP contribution in [0.1, 0.15) is 29.0 Å². The molecule has 0 spiro atoms. The molecule has 0 radical (unpaired) electrons. The number of hydrogen-bond acceptors (Lipinski definition) is 2. The van der Waals surface area contributed by atoms with Crippen molar-refractivity contribution in [2.45, 2.75) is 12.3 Å². The van der Waals surface area contributed by atoms with Crippen molar-refractivity contribution in [1.82, 2.24) is 4.90 Å². The van der Waals surface area contributed by atoms with E-state index in [2.05, 4.69) is 44.0 Å². The number of amides is 1. The van der Waals surface area contributed by atoms with Crippen molar-refractivity contribution >= 4 is 59.6 Å². The Hall–Kier alpha value is -2.34. The molecule has 0 aliphatic carbocycles. The first kappa shape index (κ1) is 20.6. The lowest BCUT2D eigenvalue weighted by atomic mass is 9.90. The van der Waals surface area contributed by atoms with Crippen LogP contribution in [0.3, 0.4) is 0 Å². The quantitative estimate of drug-likeness (QED) is 0.184. The second kappa shape index (κ2) is 8.30. The third-order valence-corrected chi connectivity index (χ3v) is 6.77. The van der Waals surface area contributed by atoms with Crippen molar-refractivity contribution in [3.05, 3.63) is 111 Å². The topological polar surface area (TPSA) is 29.5 Å². The van der Waals surface area contributed by atoms with Crippen LogP contribution in [0.15, 0.2) is 93.9 Å². The zero-order valence-corrected chi connectivity index (χ0v) is 20.1. The van der Waals surface area contributed by atoms with Gasteiger partial charge in [-0.25, -0.2) is 0 Å². The van der Waals surface area contributed by atoms with Gasteiger partial charge in [-0.15, -0.1) is 0 Å². The number of ether oxygens (including phenoxy) is 1. The minimum atomic E-state index is -0.652. The number of halogens is 3. The molecule has 0 bridgehead atoms. The Kier molecular flexibility index (Phi) is 5.51. The zero-order chi connectivity index (χ0) is 21.5. The van der Waals surface area contributed by atoms with Crippen molar-refractivity contribution in [3.63, 3.8) is 0 Å². The standard InChI is InChI=1S/C25H16Br2ClNO2/c26-18-10-5-16(6-11-18)23-22-20-4-2-1-3-15(20)9-14-21(22)31-24(29(23)25(28)30)17-7-12-19(27)13-8-17/h1-14,23-24H/t23-,24+/m1/s1. The minimum Gasteiger partial charge on any atom is -0.466 e. The molecule has 6 heteroatoms. The highest BCUT2D eigenvalue weighted by Crippen LogP contribution is 2.49. The van der Waals surface area contributed by atoms with Gasteiger partial charge in [-0.1, -0.05) is 86.5 Å². The average molecular weight is 558 g/mol. The first-order valence-corrected chi connectivity index (χ1v) is 11.7. The van der Waals surface area contributed by atoms with Gasteiger partial charge in [-0.05, 0) is 58.3 Å². The van der Waals surface area contributed by atoms with E-state index in [1.54, 1.807) is 4.90 Å². The van der Waals surface area contributed by atoms with Gasteiger partial charge in [0.05, 0.1) is 6.04 Å². The highest BCUT2D eigenvalue weighted by atomic mass is 79.9. The van der Waals surface area contributed by atoms with Gasteiger partial charge < -0.3 is 4.74 Å². The second-order valence-electron chi connectivity index (χ2n) is 7.33. The van der Waals surface area contributed by atoms with Crippen molar-refractivity contribution in [3.8, 4) is 5.75 Å². The number of carbonyl (C=O) groups excluding carboxylic acids is 1. The summed E-state index contributed by atoms with van der Waals surface area (Å²) in [5.41, 5.74) is 2.74. The number of rotatable bonds is 2. The maximum atomic E-state index is 12.8. The number of carbonyl (C=O) groups is 1. The van der Waals surface area contributed by atoms with Crippen molar-refractivity contribution < 1.29 is 9.53 Å². The highest BCUT2D eigenvalue weighted by Gasteiger charge is 2.41. The molecule has 5 rings (SSSR count). The van der Waals surface area contributed by atoms with Gasteiger partial charge in [-0.2, -0.15) is 0 Å². The fraction of sp³-hybridized carbons (Fsp3) is 0.0800. The van der Waals surface area contributed by atoms with E-state index in [0.29, 0.717) is 0 Å². The first-order valence-electron chi connectivity index (χ1n) is 9.70. The largest absolute Gasteiger partial charge is 0.466 e. The predicted octanol–water partition coefficient (Wildman–Crippen LogP) is 8.21. The molecule has 3 nitrogen and oxygen atoms in total. The summed E-state index contributed by atoms with van der Waals surface area (Å²) in [5, 5.41) is 1.54. The van der Waals surface area contributed by atoms with E-state index in [-0.39, 0.29) is 0 Å². The van der Waals surface area contributed by atoms with E-state index >= 15 is 0 Å². The van der Waals surface area contributed by atoms with Crippen molar-refractivity contribution in [2.75, 3.05) is 0 Å². The Morgan fingerprint density at radius 3 is 2.06 bits per heavy atom. The van der Waals surface area contributed by atoms with E-state index in [0.717, 1.165) is 42.2 Å². The van der Waals surface area contributed by atoms with Gasteiger partial charge in [0.2, 0.25) is 6.23 Å². The van der Waals surface area contributed by atoms with E-state index in [1.807, 2.05) is 72.8 Å². The van der Waals surface area contributed by atoms with Crippen molar-refractivity contribution in [2.24, 2.45) is 0 Å². The molecule has 0 saturated carbocycles. The average Bonchev–Trinajstić information content (AvgIpc) is 2.78. The zero-order valence-electron chi connectivity index (χ0n) is 16.1. The fourth-order valence-corrected chi connectivity index (χ4v) is 4.85. The SMILES string of the molecule is O=C(Cl)N1[C@H](c2ccc(Br)cc2)c2c(ccc3ccccc23)O[C@H]1c1ccc(Br)cc1. The van der Waals surface area contributed by atoms with Gasteiger partial charge >= 0.3 is 5.37 Å². The molecule has 0 N–H and O–H groups in total. The lowest BCUT2D eigenvalue weighted by Gasteiger charge is -2.42. The Labute approximate surface area is 201 Å². The molecule has 4 aromatic carbocycles. The molecule has 154 valence electrons. The van der Waals surface area contributed by atoms with Gasteiger partial charge in [0.1, 0.15) is 5.75 Å². The molecule has 1 heterocycles. The van der Waals surface area contributed by atoms with Crippen LogP contribution >= 0.6 is 43.5 Å². The van der Waals surface area contributed by atoms with Crippen LogP contribution in [0.4, 0.5) is 4.79 Å². The van der Waals surface area contributed by atoms with Crippen LogP contribution in [-0.2, 0) is 0 Å². The monoisotopic (exact) mass is 555 g/mol. The van der Waals surface area contributed by atoms with Gasteiger partial charge in [0.25, 0.3) is 0 Å². The molecule has 1 aliphatic rings. The maximum Gasteiger partial charge on any atom is 0.320 e. The molecule has 4 aromatic rings. The summed E-state index contributed by atoms with van der Waals surface area (Å²) in [6.45, 7) is 0. The summed E-state index contributed by atoms with van der Waals surface area (Å²) < 4.78 is 8.33. The molecule has 2 atom stereocenters. The number of hydrogen-bond donors (Lipinski definition) is 0. The highest BCUT2D eigenvalue weighted by molar-refractivity contribution is 9.10. The normalized spacial score (nSPS) is 17.8. The Bertz CT molecular complexity index is 1280. The molecular formula is C25H16Br2ClNO2. The minimum absolute atomic E-state index is 0.401. The van der Waals surface area contributed by atoms with Crippen LogP contribution in [0, 0.1) is 0 Å². The lowest BCUT2D eigenvalue weighted by Crippen LogP contribution is -2.41. The molecule has 1 aliphatic heterocycles. The number of nitrogens with zero attached hydrogens (tertiary/aromatic N) is 1. The second-order valence-corrected chi connectivity index (χ2v) is 9.49. The first-order chi connectivity index (χ1) is 15.0. The third-order valence-electron chi connectivity index (χ3n) is 5.52. The molecule has 1 amide bonds. The Morgan fingerprint density at radius 2 is 1.42 bits per heavy atom. The Morgan fingerprint density at radius 1 is 0.806 bits per heavy atom. The van der Waals surface area contributed by atoms with Gasteiger partial charge in [0.15, 0.2) is 0 Å². The fourth-order valence-electron chi connectivity index (χ4n) is 4.13. The molecule has 0 saturated heterocycles. The van der Waals surface area contributed by atoms with E-state index in [1.165, 1.54) is 0 Å². The third kappa shape index (κ3) is 3.75. The molecule has 0 fully saturated rings. The van der Waals surface area contributed by atoms with Gasteiger partial charge in [-0.3, -0.25) is 9.69 Å². The summed E-state index contributed by atoms with van der Waals surface area (Å²) in [7, 11) is 0. The smallest absolute Gasteiger partial charge is 0.320 e. The number of benzene rings is 4. The molecular weight excluding hydrogens is 542 g/mol. The summed E-state index contributed by atoms with van der Waals surface area (Å²) in [5.74, 6) is 0.744. The summed E-state index contributed by atoms with van der Waals surface area (Å²) in [6, 6.07) is 27.4. The summed E-state index contributed by atoms with van der Waals surface area (Å²) in [4.78, 5) is 14.5. The molecule has 31 heavy (non-hydrogen) atoms. The van der Waals surface area contributed by atoms with Gasteiger partial charge in [0, 0.05) is 20.1 Å². The van der Waals surface area contributed by atoms with Crippen LogP contribution in [-0.4, -0.2) is 10.3 Å².